The van der Waals surface area contributed by atoms with Crippen LogP contribution in [0.2, 0.25) is 0 Å². The highest BCUT2D eigenvalue weighted by atomic mass is 32.2. The van der Waals surface area contributed by atoms with Crippen molar-refractivity contribution in [3.05, 3.63) is 52.2 Å². The summed E-state index contributed by atoms with van der Waals surface area (Å²) in [5.41, 5.74) is 0.400. The second-order valence-corrected chi connectivity index (χ2v) is 7.99. The van der Waals surface area contributed by atoms with Crippen molar-refractivity contribution in [2.75, 3.05) is 24.1 Å². The van der Waals surface area contributed by atoms with Gasteiger partial charge in [0.1, 0.15) is 0 Å². The normalized spacial score (nSPS) is 10.9. The van der Waals surface area contributed by atoms with Gasteiger partial charge in [-0.1, -0.05) is 12.1 Å². The average Bonchev–Trinajstić information content (AvgIpc) is 3.04. The average molecular weight is 382 g/mol. The Bertz CT molecular complexity index is 832. The highest BCUT2D eigenvalue weighted by Crippen LogP contribution is 2.13. The molecule has 9 heteroatoms. The van der Waals surface area contributed by atoms with Gasteiger partial charge in [-0.25, -0.2) is 13.2 Å². The second kappa shape index (κ2) is 8.63. The molecule has 2 aromatic rings. The molecule has 0 radical (unpaired) electrons. The first-order valence-corrected chi connectivity index (χ1v) is 10.1. The first-order chi connectivity index (χ1) is 11.8. The zero-order valence-electron chi connectivity index (χ0n) is 13.5. The predicted molar refractivity (Wildman–Crippen MR) is 96.2 cm³/mol. The van der Waals surface area contributed by atoms with Crippen LogP contribution in [0.15, 0.2) is 41.8 Å². The molecule has 134 valence electrons. The van der Waals surface area contributed by atoms with Crippen molar-refractivity contribution >= 4 is 38.9 Å². The van der Waals surface area contributed by atoms with Gasteiger partial charge in [-0.3, -0.25) is 9.52 Å². The number of rotatable bonds is 8. The molecule has 0 aliphatic rings. The Morgan fingerprint density at radius 3 is 2.68 bits per heavy atom. The summed E-state index contributed by atoms with van der Waals surface area (Å²) in [6, 6.07) is 9.77. The predicted octanol–water partition coefficient (Wildman–Crippen LogP) is 1.64. The maximum absolute atomic E-state index is 11.9. The summed E-state index contributed by atoms with van der Waals surface area (Å²) in [6.07, 6.45) is 1.73. The van der Waals surface area contributed by atoms with Gasteiger partial charge in [0.2, 0.25) is 10.0 Å². The molecular formula is C16H18N2O5S2. The van der Waals surface area contributed by atoms with Crippen molar-refractivity contribution < 1.29 is 22.7 Å². The summed E-state index contributed by atoms with van der Waals surface area (Å²) in [5, 5.41) is 4.63. The topological polar surface area (TPSA) is 102 Å². The van der Waals surface area contributed by atoms with Gasteiger partial charge in [-0.05, 0) is 36.1 Å². The molecule has 0 spiro atoms. The van der Waals surface area contributed by atoms with E-state index in [1.54, 1.807) is 11.3 Å². The number of ether oxygens (including phenoxy) is 1. The lowest BCUT2D eigenvalue weighted by atomic mass is 10.2. The SMILES string of the molecule is CS(=O)(=O)Nc1cccc(C(=O)OCC(=O)NCCc2cccs2)c1. The van der Waals surface area contributed by atoms with E-state index in [4.69, 9.17) is 4.74 Å². The summed E-state index contributed by atoms with van der Waals surface area (Å²) < 4.78 is 29.6. The molecule has 1 heterocycles. The van der Waals surface area contributed by atoms with E-state index >= 15 is 0 Å². The molecule has 1 aromatic heterocycles. The van der Waals surface area contributed by atoms with Crippen LogP contribution in [0.3, 0.4) is 0 Å². The monoisotopic (exact) mass is 382 g/mol. The highest BCUT2D eigenvalue weighted by molar-refractivity contribution is 7.92. The van der Waals surface area contributed by atoms with E-state index in [2.05, 4.69) is 10.0 Å². The fourth-order valence-corrected chi connectivity index (χ4v) is 3.23. The summed E-state index contributed by atoms with van der Waals surface area (Å²) in [7, 11) is -3.44. The molecule has 0 unspecified atom stereocenters. The minimum Gasteiger partial charge on any atom is -0.452 e. The molecule has 25 heavy (non-hydrogen) atoms. The lowest BCUT2D eigenvalue weighted by Gasteiger charge is -2.08. The van der Waals surface area contributed by atoms with Crippen LogP contribution in [0.25, 0.3) is 0 Å². The van der Waals surface area contributed by atoms with E-state index < -0.39 is 28.5 Å². The Balaban J connectivity index is 1.79. The molecule has 1 aromatic carbocycles. The van der Waals surface area contributed by atoms with Crippen LogP contribution in [-0.2, 0) is 26.0 Å². The van der Waals surface area contributed by atoms with Gasteiger partial charge in [0.05, 0.1) is 11.8 Å². The Hall–Kier alpha value is -2.39. The number of amides is 1. The number of benzene rings is 1. The molecule has 0 aliphatic heterocycles. The first-order valence-electron chi connectivity index (χ1n) is 7.37. The number of hydrogen-bond acceptors (Lipinski definition) is 6. The van der Waals surface area contributed by atoms with Crippen LogP contribution in [-0.4, -0.2) is 39.7 Å². The summed E-state index contributed by atoms with van der Waals surface area (Å²) >= 11 is 1.61. The zero-order chi connectivity index (χ0) is 18.3. The van der Waals surface area contributed by atoms with Crippen molar-refractivity contribution in [2.45, 2.75) is 6.42 Å². The molecule has 0 atom stereocenters. The van der Waals surface area contributed by atoms with E-state index in [9.17, 15) is 18.0 Å². The molecule has 0 saturated carbocycles. The van der Waals surface area contributed by atoms with Crippen LogP contribution in [0.5, 0.6) is 0 Å². The van der Waals surface area contributed by atoms with Crippen LogP contribution < -0.4 is 10.0 Å². The summed E-state index contributed by atoms with van der Waals surface area (Å²) in [6.45, 7) is 0.0671. The van der Waals surface area contributed by atoms with E-state index in [0.29, 0.717) is 6.54 Å². The third kappa shape index (κ3) is 6.94. The Morgan fingerprint density at radius 2 is 2.00 bits per heavy atom. The number of thiophene rings is 1. The summed E-state index contributed by atoms with van der Waals surface area (Å²) in [5.74, 6) is -1.10. The Morgan fingerprint density at radius 1 is 1.20 bits per heavy atom. The number of anilines is 1. The zero-order valence-corrected chi connectivity index (χ0v) is 15.2. The van der Waals surface area contributed by atoms with E-state index in [1.807, 2.05) is 17.5 Å². The number of sulfonamides is 1. The summed E-state index contributed by atoms with van der Waals surface area (Å²) in [4.78, 5) is 24.8. The van der Waals surface area contributed by atoms with Crippen molar-refractivity contribution in [2.24, 2.45) is 0 Å². The van der Waals surface area contributed by atoms with Gasteiger partial charge in [0, 0.05) is 17.1 Å². The van der Waals surface area contributed by atoms with Crippen LogP contribution in [0.1, 0.15) is 15.2 Å². The maximum atomic E-state index is 11.9. The van der Waals surface area contributed by atoms with Crippen LogP contribution in [0, 0.1) is 0 Å². The molecule has 1 amide bonds. The minimum absolute atomic E-state index is 0.153. The maximum Gasteiger partial charge on any atom is 0.338 e. The molecule has 2 N–H and O–H groups in total. The van der Waals surface area contributed by atoms with Crippen molar-refractivity contribution in [1.82, 2.24) is 5.32 Å². The quantitative estimate of drug-likeness (QED) is 0.676. The molecule has 0 fully saturated rings. The fraction of sp³-hybridized carbons (Fsp3) is 0.250. The van der Waals surface area contributed by atoms with Gasteiger partial charge in [0.15, 0.2) is 6.61 Å². The fourth-order valence-electron chi connectivity index (χ4n) is 1.97. The van der Waals surface area contributed by atoms with Crippen molar-refractivity contribution in [1.29, 1.82) is 0 Å². The third-order valence-corrected chi connectivity index (χ3v) is 4.55. The largest absolute Gasteiger partial charge is 0.452 e. The lowest BCUT2D eigenvalue weighted by Crippen LogP contribution is -2.30. The molecule has 0 bridgehead atoms. The number of esters is 1. The van der Waals surface area contributed by atoms with E-state index in [-0.39, 0.29) is 11.3 Å². The van der Waals surface area contributed by atoms with Gasteiger partial charge < -0.3 is 10.1 Å². The highest BCUT2D eigenvalue weighted by Gasteiger charge is 2.11. The first kappa shape index (κ1) is 18.9. The molecule has 0 aliphatic carbocycles. The number of nitrogens with one attached hydrogen (secondary N) is 2. The minimum atomic E-state index is -3.44. The van der Waals surface area contributed by atoms with Gasteiger partial charge in [-0.2, -0.15) is 0 Å². The standard InChI is InChI=1S/C16H18N2O5S2/c1-25(21,22)18-13-5-2-4-12(10-13)16(20)23-11-15(19)17-8-7-14-6-3-9-24-14/h2-6,9-10,18H,7-8,11H2,1H3,(H,17,19). The number of hydrogen-bond donors (Lipinski definition) is 2. The molecule has 7 nitrogen and oxygen atoms in total. The molecule has 2 rings (SSSR count). The van der Waals surface area contributed by atoms with E-state index in [0.717, 1.165) is 17.6 Å². The van der Waals surface area contributed by atoms with Crippen molar-refractivity contribution in [3.63, 3.8) is 0 Å². The van der Waals surface area contributed by atoms with Gasteiger partial charge >= 0.3 is 5.97 Å². The molecule has 0 saturated heterocycles. The van der Waals surface area contributed by atoms with Crippen LogP contribution in [0.4, 0.5) is 5.69 Å². The van der Waals surface area contributed by atoms with Gasteiger partial charge in [0.25, 0.3) is 5.91 Å². The Labute approximate surface area is 150 Å². The van der Waals surface area contributed by atoms with E-state index in [1.165, 1.54) is 24.3 Å². The van der Waals surface area contributed by atoms with Crippen molar-refractivity contribution in [3.8, 4) is 0 Å². The lowest BCUT2D eigenvalue weighted by molar-refractivity contribution is -0.124. The van der Waals surface area contributed by atoms with Crippen LogP contribution >= 0.6 is 11.3 Å². The molecular weight excluding hydrogens is 364 g/mol. The van der Waals surface area contributed by atoms with Gasteiger partial charge in [-0.15, -0.1) is 11.3 Å². The Kier molecular flexibility index (Phi) is 6.54. The second-order valence-electron chi connectivity index (χ2n) is 5.21. The number of carbonyl (C=O) groups excluding carboxylic acids is 2. The smallest absolute Gasteiger partial charge is 0.338 e. The number of carbonyl (C=O) groups is 2. The third-order valence-electron chi connectivity index (χ3n) is 3.01.